The smallest absolute Gasteiger partial charge is 0.0446 e. The van der Waals surface area contributed by atoms with Gasteiger partial charge in [-0.05, 0) is 40.6 Å². The van der Waals surface area contributed by atoms with Crippen LogP contribution in [-0.2, 0) is 5.75 Å². The molecule has 0 nitrogen and oxygen atoms in total. The molecular weight excluding hydrogens is 352 g/mol. The normalized spacial score (nSPS) is 10.9. The second-order valence-corrected chi connectivity index (χ2v) is 6.81. The van der Waals surface area contributed by atoms with Gasteiger partial charge in [0.2, 0.25) is 0 Å². The lowest BCUT2D eigenvalue weighted by Crippen LogP contribution is -1.82. The molecule has 20 heavy (non-hydrogen) atoms. The van der Waals surface area contributed by atoms with Crippen LogP contribution in [0.25, 0.3) is 10.8 Å². The fourth-order valence-corrected chi connectivity index (χ4v) is 3.83. The molecule has 3 rings (SSSR count). The maximum absolute atomic E-state index is 6.19. The van der Waals surface area contributed by atoms with Gasteiger partial charge in [0.25, 0.3) is 0 Å². The molecule has 0 fully saturated rings. The summed E-state index contributed by atoms with van der Waals surface area (Å²) in [5.41, 5.74) is 1.17. The number of benzene rings is 3. The summed E-state index contributed by atoms with van der Waals surface area (Å²) in [5.74, 6) is 0.888. The van der Waals surface area contributed by atoms with Crippen molar-refractivity contribution < 1.29 is 0 Å². The molecule has 0 heterocycles. The van der Waals surface area contributed by atoms with Crippen LogP contribution in [0.1, 0.15) is 5.56 Å². The van der Waals surface area contributed by atoms with Gasteiger partial charge in [0.05, 0.1) is 0 Å². The number of hydrogen-bond donors (Lipinski definition) is 0. The molecule has 0 aliphatic heterocycles. The van der Waals surface area contributed by atoms with Crippen LogP contribution < -0.4 is 0 Å². The van der Waals surface area contributed by atoms with Crippen LogP contribution in [0.2, 0.25) is 5.02 Å². The lowest BCUT2D eigenvalue weighted by atomic mass is 10.1. The zero-order valence-electron chi connectivity index (χ0n) is 10.6. The van der Waals surface area contributed by atoms with E-state index in [1.54, 1.807) is 0 Å². The van der Waals surface area contributed by atoms with E-state index in [1.165, 1.54) is 21.2 Å². The third-order valence-corrected chi connectivity index (χ3v) is 5.25. The SMILES string of the molecule is Clc1ccccc1CSc1ccc2c(Br)cccc2c1. The Morgan fingerprint density at radius 2 is 1.80 bits per heavy atom. The average Bonchev–Trinajstić information content (AvgIpc) is 2.46. The molecular formula is C17H12BrClS. The molecule has 0 N–H and O–H groups in total. The van der Waals surface area contributed by atoms with Crippen LogP contribution in [0.3, 0.4) is 0 Å². The minimum absolute atomic E-state index is 0.837. The first-order valence-corrected chi connectivity index (χ1v) is 8.44. The average molecular weight is 364 g/mol. The fourth-order valence-electron chi connectivity index (χ4n) is 2.09. The first-order chi connectivity index (χ1) is 9.74. The van der Waals surface area contributed by atoms with Gasteiger partial charge in [-0.2, -0.15) is 0 Å². The second-order valence-electron chi connectivity index (χ2n) is 4.50. The maximum Gasteiger partial charge on any atom is 0.0446 e. The minimum atomic E-state index is 0.837. The van der Waals surface area contributed by atoms with Crippen molar-refractivity contribution in [2.75, 3.05) is 0 Å². The highest BCUT2D eigenvalue weighted by Crippen LogP contribution is 2.31. The second kappa shape index (κ2) is 6.21. The Hall–Kier alpha value is -0.960. The lowest BCUT2D eigenvalue weighted by molar-refractivity contribution is 1.39. The van der Waals surface area contributed by atoms with Crippen molar-refractivity contribution in [2.45, 2.75) is 10.6 Å². The van der Waals surface area contributed by atoms with Gasteiger partial charge in [0.1, 0.15) is 0 Å². The van der Waals surface area contributed by atoms with Crippen molar-refractivity contribution >= 4 is 50.1 Å². The standard InChI is InChI=1S/C17H12BrClS/c18-16-6-3-5-12-10-14(8-9-15(12)16)20-11-13-4-1-2-7-17(13)19/h1-10H,11H2. The molecule has 3 aromatic carbocycles. The van der Waals surface area contributed by atoms with Crippen LogP contribution in [-0.4, -0.2) is 0 Å². The Bertz CT molecular complexity index is 755. The molecule has 0 aliphatic rings. The van der Waals surface area contributed by atoms with E-state index in [1.807, 2.05) is 30.0 Å². The zero-order valence-corrected chi connectivity index (χ0v) is 13.8. The summed E-state index contributed by atoms with van der Waals surface area (Å²) in [6.07, 6.45) is 0. The predicted octanol–water partition coefficient (Wildman–Crippen LogP) is 6.55. The van der Waals surface area contributed by atoms with E-state index in [0.29, 0.717) is 0 Å². The van der Waals surface area contributed by atoms with Gasteiger partial charge in [-0.3, -0.25) is 0 Å². The molecule has 0 saturated heterocycles. The molecule has 0 spiro atoms. The van der Waals surface area contributed by atoms with Gasteiger partial charge in [0, 0.05) is 20.1 Å². The van der Waals surface area contributed by atoms with Gasteiger partial charge < -0.3 is 0 Å². The van der Waals surface area contributed by atoms with Crippen molar-refractivity contribution in [3.63, 3.8) is 0 Å². The monoisotopic (exact) mass is 362 g/mol. The number of fused-ring (bicyclic) bond motifs is 1. The third-order valence-electron chi connectivity index (χ3n) is 3.15. The predicted molar refractivity (Wildman–Crippen MR) is 92.7 cm³/mol. The maximum atomic E-state index is 6.19. The van der Waals surface area contributed by atoms with Gasteiger partial charge in [-0.15, -0.1) is 11.8 Å². The highest BCUT2D eigenvalue weighted by atomic mass is 79.9. The Balaban J connectivity index is 1.83. The van der Waals surface area contributed by atoms with E-state index >= 15 is 0 Å². The first kappa shape index (κ1) is 14.0. The molecule has 0 aliphatic carbocycles. The number of hydrogen-bond acceptors (Lipinski definition) is 1. The van der Waals surface area contributed by atoms with E-state index in [-0.39, 0.29) is 0 Å². The molecule has 0 radical (unpaired) electrons. The Labute approximate surface area is 136 Å². The van der Waals surface area contributed by atoms with Gasteiger partial charge in [-0.1, -0.05) is 63.9 Å². The summed E-state index contributed by atoms with van der Waals surface area (Å²) in [7, 11) is 0. The summed E-state index contributed by atoms with van der Waals surface area (Å²) in [6.45, 7) is 0. The third kappa shape index (κ3) is 3.03. The quantitative estimate of drug-likeness (QED) is 0.475. The Morgan fingerprint density at radius 3 is 2.65 bits per heavy atom. The number of rotatable bonds is 3. The summed E-state index contributed by atoms with van der Waals surface area (Å²) < 4.78 is 1.14. The highest BCUT2D eigenvalue weighted by Gasteiger charge is 2.03. The Kier molecular flexibility index (Phi) is 4.35. The van der Waals surface area contributed by atoms with Crippen molar-refractivity contribution in [3.05, 3.63) is 75.7 Å². The summed E-state index contributed by atoms with van der Waals surface area (Å²) >= 11 is 11.6. The summed E-state index contributed by atoms with van der Waals surface area (Å²) in [5, 5.41) is 3.33. The van der Waals surface area contributed by atoms with E-state index in [9.17, 15) is 0 Å². The zero-order chi connectivity index (χ0) is 13.9. The van der Waals surface area contributed by atoms with E-state index < -0.39 is 0 Å². The molecule has 0 unspecified atom stereocenters. The van der Waals surface area contributed by atoms with E-state index in [2.05, 4.69) is 58.4 Å². The first-order valence-electron chi connectivity index (χ1n) is 6.28. The number of thioether (sulfide) groups is 1. The van der Waals surface area contributed by atoms with Crippen molar-refractivity contribution in [3.8, 4) is 0 Å². The van der Waals surface area contributed by atoms with Crippen molar-refractivity contribution in [1.82, 2.24) is 0 Å². The summed E-state index contributed by atoms with van der Waals surface area (Å²) in [4.78, 5) is 1.26. The van der Waals surface area contributed by atoms with Crippen molar-refractivity contribution in [1.29, 1.82) is 0 Å². The Morgan fingerprint density at radius 1 is 0.950 bits per heavy atom. The topological polar surface area (TPSA) is 0 Å². The largest absolute Gasteiger partial charge is 0.121 e. The van der Waals surface area contributed by atoms with E-state index in [0.717, 1.165) is 15.2 Å². The van der Waals surface area contributed by atoms with Gasteiger partial charge >= 0.3 is 0 Å². The number of halogens is 2. The molecule has 0 amide bonds. The van der Waals surface area contributed by atoms with Gasteiger partial charge in [-0.25, -0.2) is 0 Å². The molecule has 100 valence electrons. The minimum Gasteiger partial charge on any atom is -0.121 e. The van der Waals surface area contributed by atoms with Gasteiger partial charge in [0.15, 0.2) is 0 Å². The van der Waals surface area contributed by atoms with Crippen LogP contribution in [0.15, 0.2) is 70.0 Å². The van der Waals surface area contributed by atoms with E-state index in [4.69, 9.17) is 11.6 Å². The van der Waals surface area contributed by atoms with Crippen LogP contribution in [0.5, 0.6) is 0 Å². The molecule has 3 aromatic rings. The summed E-state index contributed by atoms with van der Waals surface area (Å²) in [6, 6.07) is 20.8. The van der Waals surface area contributed by atoms with Crippen LogP contribution in [0, 0.1) is 0 Å². The lowest BCUT2D eigenvalue weighted by Gasteiger charge is -2.06. The van der Waals surface area contributed by atoms with Crippen LogP contribution in [0.4, 0.5) is 0 Å². The van der Waals surface area contributed by atoms with Crippen molar-refractivity contribution in [2.24, 2.45) is 0 Å². The highest BCUT2D eigenvalue weighted by molar-refractivity contribution is 9.10. The van der Waals surface area contributed by atoms with Crippen LogP contribution >= 0.6 is 39.3 Å². The molecule has 0 bridgehead atoms. The fraction of sp³-hybridized carbons (Fsp3) is 0.0588. The molecule has 3 heteroatoms. The molecule has 0 saturated carbocycles. The molecule has 0 atom stereocenters. The molecule has 0 aromatic heterocycles.